The molecule has 0 bridgehead atoms. The summed E-state index contributed by atoms with van der Waals surface area (Å²) >= 11 is 0. The maximum atomic E-state index is 15.0. The first-order chi connectivity index (χ1) is 20.3. The summed E-state index contributed by atoms with van der Waals surface area (Å²) in [5.74, 6) is 1.24. The highest BCUT2D eigenvalue weighted by atomic mass is 19.1. The van der Waals surface area contributed by atoms with Crippen molar-refractivity contribution in [1.29, 1.82) is 0 Å². The normalized spacial score (nSPS) is 13.1. The molecule has 1 aliphatic rings. The lowest BCUT2D eigenvalue weighted by atomic mass is 10.1. The van der Waals surface area contributed by atoms with Crippen LogP contribution in [0.4, 0.5) is 14.9 Å². The van der Waals surface area contributed by atoms with Crippen LogP contribution < -0.4 is 19.5 Å². The number of aromatic nitrogens is 1. The molecule has 9 nitrogen and oxygen atoms in total. The Morgan fingerprint density at radius 1 is 0.786 bits per heavy atom. The Bertz CT molecular complexity index is 1590. The fourth-order valence-corrected chi connectivity index (χ4v) is 5.12. The van der Waals surface area contributed by atoms with Crippen LogP contribution >= 0.6 is 0 Å². The van der Waals surface area contributed by atoms with Crippen LogP contribution in [0.2, 0.25) is 0 Å². The number of para-hydroxylation sites is 1. The van der Waals surface area contributed by atoms with Crippen LogP contribution in [0.25, 0.3) is 16.9 Å². The molecule has 0 radical (unpaired) electrons. The number of piperazine rings is 1. The van der Waals surface area contributed by atoms with E-state index in [-0.39, 0.29) is 11.9 Å². The van der Waals surface area contributed by atoms with Gasteiger partial charge in [-0.2, -0.15) is 0 Å². The zero-order valence-electron chi connectivity index (χ0n) is 24.0. The molecule has 3 amide bonds. The monoisotopic (exact) mass is 572 g/mol. The fraction of sp³-hybridized carbons (Fsp3) is 0.250. The van der Waals surface area contributed by atoms with Crippen molar-refractivity contribution >= 4 is 17.6 Å². The number of benzene rings is 3. The molecule has 1 saturated heterocycles. The van der Waals surface area contributed by atoms with Crippen molar-refractivity contribution in [2.75, 3.05) is 52.8 Å². The number of carbonyl (C=O) groups is 2. The Morgan fingerprint density at radius 3 is 2.07 bits per heavy atom. The molecule has 2 heterocycles. The van der Waals surface area contributed by atoms with Gasteiger partial charge in [-0.25, -0.2) is 9.18 Å². The summed E-state index contributed by atoms with van der Waals surface area (Å²) in [6.07, 6.45) is 0. The maximum Gasteiger partial charge on any atom is 0.322 e. The minimum Gasteiger partial charge on any atom is -0.497 e. The number of hydrogen-bond acceptors (Lipinski definition) is 5. The molecular weight excluding hydrogens is 539 g/mol. The molecule has 4 aromatic rings. The highest BCUT2D eigenvalue weighted by Crippen LogP contribution is 2.33. The minimum absolute atomic E-state index is 0.172. The first-order valence-electron chi connectivity index (χ1n) is 13.5. The van der Waals surface area contributed by atoms with Crippen molar-refractivity contribution in [2.24, 2.45) is 0 Å². The van der Waals surface area contributed by atoms with Gasteiger partial charge in [-0.05, 0) is 67.1 Å². The van der Waals surface area contributed by atoms with Gasteiger partial charge in [0.05, 0.1) is 44.0 Å². The second-order valence-electron chi connectivity index (χ2n) is 9.82. The molecule has 218 valence electrons. The van der Waals surface area contributed by atoms with Gasteiger partial charge in [0, 0.05) is 37.9 Å². The van der Waals surface area contributed by atoms with Gasteiger partial charge in [0.25, 0.3) is 5.91 Å². The zero-order valence-corrected chi connectivity index (χ0v) is 24.0. The molecule has 1 N–H and O–H groups in total. The summed E-state index contributed by atoms with van der Waals surface area (Å²) in [5.41, 5.74) is 3.49. The molecule has 0 unspecified atom stereocenters. The number of hydrogen-bond donors (Lipinski definition) is 1. The first kappa shape index (κ1) is 28.5. The Hall–Kier alpha value is -4.99. The molecule has 42 heavy (non-hydrogen) atoms. The maximum absolute atomic E-state index is 15.0. The standard InChI is InChI=1S/C32H33FN4O5/c1-21-25(20-29(22-9-11-23(40-2)12-10-22)37(21)28-8-6-5-7-26(28)33)31(38)35-15-17-36(18-16-35)32(39)34-27-14-13-24(41-3)19-30(27)42-4/h5-14,19-20H,15-18H2,1-4H3,(H,34,39). The van der Waals surface area contributed by atoms with E-state index in [1.165, 1.54) is 13.2 Å². The zero-order chi connectivity index (χ0) is 29.8. The van der Waals surface area contributed by atoms with E-state index in [0.717, 1.165) is 5.56 Å². The predicted molar refractivity (Wildman–Crippen MR) is 158 cm³/mol. The van der Waals surface area contributed by atoms with Crippen LogP contribution in [0.15, 0.2) is 72.8 Å². The summed E-state index contributed by atoms with van der Waals surface area (Å²) in [6, 6.07) is 20.6. The number of anilines is 1. The quantitative estimate of drug-likeness (QED) is 0.311. The molecule has 0 spiro atoms. The van der Waals surface area contributed by atoms with Crippen molar-refractivity contribution in [3.8, 4) is 34.2 Å². The number of methoxy groups -OCH3 is 3. The molecular formula is C32H33FN4O5. The number of nitrogens with zero attached hydrogens (tertiary/aromatic N) is 3. The van der Waals surface area contributed by atoms with Crippen LogP contribution in [-0.2, 0) is 0 Å². The third kappa shape index (κ3) is 5.60. The van der Waals surface area contributed by atoms with Gasteiger partial charge < -0.3 is 33.9 Å². The third-order valence-corrected chi connectivity index (χ3v) is 7.46. The molecule has 5 rings (SSSR count). The van der Waals surface area contributed by atoms with E-state index in [9.17, 15) is 9.59 Å². The number of carbonyl (C=O) groups excluding carboxylic acids is 2. The van der Waals surface area contributed by atoms with Gasteiger partial charge in [0.2, 0.25) is 0 Å². The van der Waals surface area contributed by atoms with Crippen molar-refractivity contribution in [3.63, 3.8) is 0 Å². The predicted octanol–water partition coefficient (Wildman–Crippen LogP) is 5.61. The SMILES string of the molecule is COc1ccc(-c2cc(C(=O)N3CCN(C(=O)Nc4ccc(OC)cc4OC)CC3)c(C)n2-c2ccccc2F)cc1. The third-order valence-electron chi connectivity index (χ3n) is 7.46. The van der Waals surface area contributed by atoms with Crippen LogP contribution in [0.3, 0.4) is 0 Å². The lowest BCUT2D eigenvalue weighted by molar-refractivity contribution is 0.0671. The van der Waals surface area contributed by atoms with Crippen LogP contribution in [0.1, 0.15) is 16.1 Å². The summed E-state index contributed by atoms with van der Waals surface area (Å²) in [7, 11) is 4.68. The highest BCUT2D eigenvalue weighted by molar-refractivity contribution is 5.98. The van der Waals surface area contributed by atoms with E-state index in [0.29, 0.717) is 71.8 Å². The smallest absolute Gasteiger partial charge is 0.322 e. The molecule has 0 saturated carbocycles. The van der Waals surface area contributed by atoms with E-state index in [1.54, 1.807) is 71.1 Å². The van der Waals surface area contributed by atoms with Crippen LogP contribution in [0, 0.1) is 12.7 Å². The van der Waals surface area contributed by atoms with Crippen molar-refractivity contribution < 1.29 is 28.2 Å². The Morgan fingerprint density at radius 2 is 1.43 bits per heavy atom. The summed E-state index contributed by atoms with van der Waals surface area (Å²) in [4.78, 5) is 30.2. The first-order valence-corrected chi connectivity index (χ1v) is 13.5. The minimum atomic E-state index is -0.391. The molecule has 0 aliphatic carbocycles. The Kier molecular flexibility index (Phi) is 8.33. The van der Waals surface area contributed by atoms with Crippen molar-refractivity contribution in [1.82, 2.24) is 14.4 Å². The number of rotatable bonds is 7. The van der Waals surface area contributed by atoms with Gasteiger partial charge in [-0.15, -0.1) is 0 Å². The lowest BCUT2D eigenvalue weighted by Crippen LogP contribution is -2.51. The average molecular weight is 573 g/mol. The second-order valence-corrected chi connectivity index (χ2v) is 9.82. The van der Waals surface area contributed by atoms with Gasteiger partial charge in [0.15, 0.2) is 0 Å². The number of ether oxygens (including phenoxy) is 3. The van der Waals surface area contributed by atoms with Crippen molar-refractivity contribution in [2.45, 2.75) is 6.92 Å². The van der Waals surface area contributed by atoms with E-state index in [1.807, 2.05) is 31.2 Å². The highest BCUT2D eigenvalue weighted by Gasteiger charge is 2.29. The number of urea groups is 1. The molecule has 1 aliphatic heterocycles. The molecule has 1 aromatic heterocycles. The molecule has 1 fully saturated rings. The van der Waals surface area contributed by atoms with Gasteiger partial charge in [-0.1, -0.05) is 12.1 Å². The van der Waals surface area contributed by atoms with Crippen LogP contribution in [-0.4, -0.2) is 73.8 Å². The number of halogens is 1. The number of amides is 3. The largest absolute Gasteiger partial charge is 0.497 e. The summed E-state index contributed by atoms with van der Waals surface area (Å²) in [5, 5.41) is 2.88. The average Bonchev–Trinajstić information content (AvgIpc) is 3.37. The number of nitrogens with one attached hydrogen (secondary N) is 1. The van der Waals surface area contributed by atoms with Gasteiger partial charge in [0.1, 0.15) is 23.1 Å². The molecule has 10 heteroatoms. The van der Waals surface area contributed by atoms with E-state index >= 15 is 4.39 Å². The Labute approximate surface area is 244 Å². The molecule has 3 aromatic carbocycles. The van der Waals surface area contributed by atoms with Gasteiger partial charge in [-0.3, -0.25) is 4.79 Å². The van der Waals surface area contributed by atoms with Gasteiger partial charge >= 0.3 is 6.03 Å². The van der Waals surface area contributed by atoms with E-state index < -0.39 is 5.82 Å². The van der Waals surface area contributed by atoms with Crippen LogP contribution in [0.5, 0.6) is 17.2 Å². The van der Waals surface area contributed by atoms with Crippen molar-refractivity contribution in [3.05, 3.63) is 89.9 Å². The lowest BCUT2D eigenvalue weighted by Gasteiger charge is -2.34. The van der Waals surface area contributed by atoms with E-state index in [2.05, 4.69) is 5.32 Å². The topological polar surface area (TPSA) is 85.3 Å². The van der Waals surface area contributed by atoms with E-state index in [4.69, 9.17) is 14.2 Å². The molecule has 0 atom stereocenters. The summed E-state index contributed by atoms with van der Waals surface area (Å²) in [6.45, 7) is 3.24. The summed E-state index contributed by atoms with van der Waals surface area (Å²) < 4.78 is 32.7. The fourth-order valence-electron chi connectivity index (χ4n) is 5.12. The second kappa shape index (κ2) is 12.3. The Balaban J connectivity index is 1.35.